The van der Waals surface area contributed by atoms with Crippen LogP contribution in [0.15, 0.2) is 28.7 Å². The molecule has 2 N–H and O–H groups in total. The summed E-state index contributed by atoms with van der Waals surface area (Å²) in [6, 6.07) is 7.51. The van der Waals surface area contributed by atoms with E-state index in [1.807, 2.05) is 24.3 Å². The Hall–Kier alpha value is -1.89. The number of nitrogens with two attached hydrogens (primary N) is 1. The van der Waals surface area contributed by atoms with E-state index in [1.54, 1.807) is 9.80 Å². The van der Waals surface area contributed by atoms with Crippen molar-refractivity contribution in [3.63, 3.8) is 0 Å². The number of carbonyl (C=O) groups excluding carboxylic acids is 3. The first kappa shape index (κ1) is 17.0. The van der Waals surface area contributed by atoms with Gasteiger partial charge in [-0.2, -0.15) is 0 Å². The van der Waals surface area contributed by atoms with Crippen molar-refractivity contribution in [2.45, 2.75) is 19.3 Å². The summed E-state index contributed by atoms with van der Waals surface area (Å²) >= 11 is 3.45. The van der Waals surface area contributed by atoms with Gasteiger partial charge in [0.25, 0.3) is 0 Å². The Morgan fingerprint density at radius 2 is 1.79 bits per heavy atom. The minimum absolute atomic E-state index is 0.000763. The lowest BCUT2D eigenvalue weighted by Crippen LogP contribution is -2.44. The van der Waals surface area contributed by atoms with Gasteiger partial charge in [0.1, 0.15) is 0 Å². The molecule has 2 aliphatic rings. The summed E-state index contributed by atoms with van der Waals surface area (Å²) in [6.07, 6.45) is 1.45. The van der Waals surface area contributed by atoms with Crippen molar-refractivity contribution < 1.29 is 14.4 Å². The van der Waals surface area contributed by atoms with Gasteiger partial charge >= 0.3 is 0 Å². The molecule has 2 fully saturated rings. The summed E-state index contributed by atoms with van der Waals surface area (Å²) in [5.41, 5.74) is 6.12. The quantitative estimate of drug-likeness (QED) is 0.844. The Kier molecular flexibility index (Phi) is 4.89. The molecule has 1 atom stereocenters. The second-order valence-corrected chi connectivity index (χ2v) is 7.21. The van der Waals surface area contributed by atoms with Crippen LogP contribution in [0.1, 0.15) is 19.3 Å². The summed E-state index contributed by atoms with van der Waals surface area (Å²) in [5.74, 6) is -0.794. The molecule has 0 radical (unpaired) electrons. The zero-order valence-corrected chi connectivity index (χ0v) is 14.9. The Morgan fingerprint density at radius 3 is 2.42 bits per heavy atom. The molecule has 2 aliphatic heterocycles. The molecule has 0 spiro atoms. The van der Waals surface area contributed by atoms with E-state index >= 15 is 0 Å². The van der Waals surface area contributed by atoms with Crippen molar-refractivity contribution in [3.05, 3.63) is 28.7 Å². The number of hydrogen-bond donors (Lipinski definition) is 1. The zero-order chi connectivity index (χ0) is 17.3. The molecule has 128 valence electrons. The molecule has 24 heavy (non-hydrogen) atoms. The summed E-state index contributed by atoms with van der Waals surface area (Å²) < 4.78 is 0.841. The average Bonchev–Trinajstić information content (AvgIpc) is 2.96. The molecule has 2 heterocycles. The number of hydrogen-bond acceptors (Lipinski definition) is 3. The molecular formula is C17H20BrN3O3. The van der Waals surface area contributed by atoms with E-state index in [0.717, 1.165) is 10.2 Å². The van der Waals surface area contributed by atoms with Gasteiger partial charge in [0, 0.05) is 36.4 Å². The van der Waals surface area contributed by atoms with Gasteiger partial charge in [-0.1, -0.05) is 12.1 Å². The van der Waals surface area contributed by atoms with Gasteiger partial charge in [-0.05, 0) is 40.9 Å². The highest BCUT2D eigenvalue weighted by Crippen LogP contribution is 2.32. The summed E-state index contributed by atoms with van der Waals surface area (Å²) in [5, 5.41) is 0. The molecule has 0 saturated carbocycles. The van der Waals surface area contributed by atoms with Crippen LogP contribution in [0.25, 0.3) is 0 Å². The second-order valence-electron chi connectivity index (χ2n) is 6.36. The van der Waals surface area contributed by atoms with E-state index in [2.05, 4.69) is 15.9 Å². The predicted molar refractivity (Wildman–Crippen MR) is 93.1 cm³/mol. The molecule has 1 unspecified atom stereocenters. The van der Waals surface area contributed by atoms with Gasteiger partial charge in [-0.15, -0.1) is 0 Å². The minimum atomic E-state index is -0.324. The fraction of sp³-hybridized carbons (Fsp3) is 0.471. The maximum Gasteiger partial charge on any atom is 0.228 e. The lowest BCUT2D eigenvalue weighted by atomic mass is 9.95. The number of para-hydroxylation sites is 1. The summed E-state index contributed by atoms with van der Waals surface area (Å²) in [6.45, 7) is 1.47. The van der Waals surface area contributed by atoms with Crippen LogP contribution in [-0.4, -0.2) is 42.3 Å². The van der Waals surface area contributed by atoms with Gasteiger partial charge < -0.3 is 15.5 Å². The molecule has 1 aromatic rings. The summed E-state index contributed by atoms with van der Waals surface area (Å²) in [7, 11) is 0. The number of likely N-dealkylation sites (tertiary alicyclic amines) is 1. The number of piperidine rings is 1. The molecule has 0 aliphatic carbocycles. The lowest BCUT2D eigenvalue weighted by molar-refractivity contribution is -0.138. The number of halogens is 1. The maximum absolute atomic E-state index is 12.7. The third-order valence-corrected chi connectivity index (χ3v) is 5.50. The highest BCUT2D eigenvalue weighted by molar-refractivity contribution is 9.10. The van der Waals surface area contributed by atoms with Crippen LogP contribution in [0.3, 0.4) is 0 Å². The maximum atomic E-state index is 12.7. The van der Waals surface area contributed by atoms with Crippen LogP contribution in [0.4, 0.5) is 5.69 Å². The topological polar surface area (TPSA) is 83.7 Å². The molecule has 1 aromatic carbocycles. The molecule has 7 heteroatoms. The first-order valence-electron chi connectivity index (χ1n) is 8.10. The van der Waals surface area contributed by atoms with Gasteiger partial charge in [-0.3, -0.25) is 14.4 Å². The summed E-state index contributed by atoms with van der Waals surface area (Å²) in [4.78, 5) is 39.7. The zero-order valence-electron chi connectivity index (χ0n) is 13.3. The van der Waals surface area contributed by atoms with Crippen molar-refractivity contribution in [2.24, 2.45) is 17.6 Å². The molecule has 3 rings (SSSR count). The first-order valence-corrected chi connectivity index (χ1v) is 8.89. The van der Waals surface area contributed by atoms with Crippen LogP contribution in [-0.2, 0) is 14.4 Å². The van der Waals surface area contributed by atoms with E-state index in [0.29, 0.717) is 32.5 Å². The smallest absolute Gasteiger partial charge is 0.228 e. The van der Waals surface area contributed by atoms with E-state index < -0.39 is 0 Å². The van der Waals surface area contributed by atoms with Gasteiger partial charge in [-0.25, -0.2) is 0 Å². The highest BCUT2D eigenvalue weighted by atomic mass is 79.9. The Labute approximate surface area is 149 Å². The van der Waals surface area contributed by atoms with E-state index in [9.17, 15) is 14.4 Å². The Bertz CT molecular complexity index is 671. The van der Waals surface area contributed by atoms with Crippen LogP contribution in [0.2, 0.25) is 0 Å². The van der Waals surface area contributed by atoms with Crippen LogP contribution < -0.4 is 10.6 Å². The number of benzene rings is 1. The normalized spacial score (nSPS) is 22.0. The van der Waals surface area contributed by atoms with E-state index in [4.69, 9.17) is 5.73 Å². The number of primary amides is 1. The lowest BCUT2D eigenvalue weighted by Gasteiger charge is -2.32. The molecule has 2 saturated heterocycles. The van der Waals surface area contributed by atoms with Gasteiger partial charge in [0.15, 0.2) is 0 Å². The molecular weight excluding hydrogens is 374 g/mol. The Balaban J connectivity index is 1.65. The third kappa shape index (κ3) is 3.31. The largest absolute Gasteiger partial charge is 0.369 e. The van der Waals surface area contributed by atoms with Crippen molar-refractivity contribution in [2.75, 3.05) is 24.5 Å². The van der Waals surface area contributed by atoms with Gasteiger partial charge in [0.05, 0.1) is 11.6 Å². The standard InChI is InChI=1S/C17H20BrN3O3/c18-13-3-1-2-4-14(13)21-10-12(9-15(21)22)17(24)20-7-5-11(6-8-20)16(19)23/h1-4,11-12H,5-10H2,(H2,19,23). The van der Waals surface area contributed by atoms with Crippen molar-refractivity contribution in [1.29, 1.82) is 0 Å². The number of nitrogens with zero attached hydrogens (tertiary/aromatic N) is 2. The molecule has 3 amide bonds. The highest BCUT2D eigenvalue weighted by Gasteiger charge is 2.38. The van der Waals surface area contributed by atoms with Crippen LogP contribution >= 0.6 is 15.9 Å². The van der Waals surface area contributed by atoms with Crippen molar-refractivity contribution in [3.8, 4) is 0 Å². The first-order chi connectivity index (χ1) is 11.5. The third-order valence-electron chi connectivity index (χ3n) is 4.83. The fourth-order valence-electron chi connectivity index (χ4n) is 3.42. The predicted octanol–water partition coefficient (Wildman–Crippen LogP) is 1.53. The van der Waals surface area contributed by atoms with Crippen molar-refractivity contribution >= 4 is 39.3 Å². The number of anilines is 1. The number of amides is 3. The van der Waals surface area contributed by atoms with E-state index in [-0.39, 0.29) is 36.0 Å². The molecule has 0 bridgehead atoms. The molecule has 6 nitrogen and oxygen atoms in total. The SMILES string of the molecule is NC(=O)C1CCN(C(=O)C2CC(=O)N(c3ccccc3Br)C2)CC1. The molecule has 0 aromatic heterocycles. The van der Waals surface area contributed by atoms with Crippen molar-refractivity contribution in [1.82, 2.24) is 4.90 Å². The Morgan fingerprint density at radius 1 is 1.12 bits per heavy atom. The minimum Gasteiger partial charge on any atom is -0.369 e. The number of carbonyl (C=O) groups is 3. The van der Waals surface area contributed by atoms with Gasteiger partial charge in [0.2, 0.25) is 17.7 Å². The van der Waals surface area contributed by atoms with Crippen LogP contribution in [0.5, 0.6) is 0 Å². The van der Waals surface area contributed by atoms with E-state index in [1.165, 1.54) is 0 Å². The number of rotatable bonds is 3. The average molecular weight is 394 g/mol. The monoisotopic (exact) mass is 393 g/mol. The van der Waals surface area contributed by atoms with Crippen LogP contribution in [0, 0.1) is 11.8 Å². The second kappa shape index (κ2) is 6.93. The fourth-order valence-corrected chi connectivity index (χ4v) is 3.92.